The molecule has 0 unspecified atom stereocenters. The Hall–Kier alpha value is -2.26. The number of hydrogen-bond acceptors (Lipinski definition) is 0. The highest BCUT2D eigenvalue weighted by Gasteiger charge is 2.59. The lowest BCUT2D eigenvalue weighted by molar-refractivity contribution is 1.04. The molecule has 0 saturated heterocycles. The SMILES string of the molecule is C[C@@]1(P(c2ccccc2)c2ccccc2)C[C@H]1P(c1ccccc1)c1ccccc1. The van der Waals surface area contributed by atoms with Crippen LogP contribution >= 0.6 is 15.8 Å². The van der Waals surface area contributed by atoms with Gasteiger partial charge in [-0.2, -0.15) is 0 Å². The van der Waals surface area contributed by atoms with Gasteiger partial charge in [-0.05, 0) is 49.1 Å². The van der Waals surface area contributed by atoms with Crippen molar-refractivity contribution in [3.05, 3.63) is 121 Å². The number of benzene rings is 4. The molecule has 2 heteroatoms. The van der Waals surface area contributed by atoms with Gasteiger partial charge in [0.25, 0.3) is 0 Å². The predicted molar refractivity (Wildman–Crippen MR) is 135 cm³/mol. The second-order valence-electron chi connectivity index (χ2n) is 8.12. The van der Waals surface area contributed by atoms with E-state index >= 15 is 0 Å². The summed E-state index contributed by atoms with van der Waals surface area (Å²) in [6.07, 6.45) is 1.29. The monoisotopic (exact) mass is 424 g/mol. The Morgan fingerprint density at radius 1 is 0.533 bits per heavy atom. The second kappa shape index (κ2) is 8.47. The summed E-state index contributed by atoms with van der Waals surface area (Å²) in [6, 6.07) is 44.8. The molecule has 1 fully saturated rings. The van der Waals surface area contributed by atoms with Gasteiger partial charge in [0.2, 0.25) is 0 Å². The zero-order valence-electron chi connectivity index (χ0n) is 17.2. The average Bonchev–Trinajstić information content (AvgIpc) is 3.48. The molecule has 0 N–H and O–H groups in total. The van der Waals surface area contributed by atoms with E-state index in [-0.39, 0.29) is 7.92 Å². The Balaban J connectivity index is 1.58. The van der Waals surface area contributed by atoms with E-state index in [4.69, 9.17) is 0 Å². The van der Waals surface area contributed by atoms with Crippen LogP contribution in [0.1, 0.15) is 13.3 Å². The van der Waals surface area contributed by atoms with Crippen LogP contribution in [0.3, 0.4) is 0 Å². The molecule has 148 valence electrons. The minimum absolute atomic E-state index is 0.315. The van der Waals surface area contributed by atoms with E-state index in [0.29, 0.717) is 10.8 Å². The summed E-state index contributed by atoms with van der Waals surface area (Å²) in [5.74, 6) is 0. The smallest absolute Gasteiger partial charge is 0.00377 e. The number of rotatable bonds is 6. The maximum atomic E-state index is 2.55. The van der Waals surface area contributed by atoms with E-state index < -0.39 is 7.92 Å². The Labute approximate surface area is 182 Å². The first-order chi connectivity index (χ1) is 14.8. The zero-order chi connectivity index (χ0) is 20.4. The molecule has 0 aromatic heterocycles. The van der Waals surface area contributed by atoms with E-state index in [9.17, 15) is 0 Å². The molecule has 2 atom stereocenters. The molecule has 4 aromatic rings. The fourth-order valence-corrected chi connectivity index (χ4v) is 11.6. The molecule has 1 saturated carbocycles. The van der Waals surface area contributed by atoms with E-state index in [1.54, 1.807) is 0 Å². The Kier molecular flexibility index (Phi) is 5.56. The minimum Gasteiger partial charge on any atom is -0.0622 e. The van der Waals surface area contributed by atoms with Crippen molar-refractivity contribution in [1.82, 2.24) is 0 Å². The quantitative estimate of drug-likeness (QED) is 0.344. The van der Waals surface area contributed by atoms with Gasteiger partial charge in [-0.25, -0.2) is 0 Å². The molecule has 1 aliphatic rings. The van der Waals surface area contributed by atoms with Crippen molar-refractivity contribution in [1.29, 1.82) is 0 Å². The van der Waals surface area contributed by atoms with Crippen molar-refractivity contribution in [2.45, 2.75) is 24.2 Å². The molecule has 1 aliphatic carbocycles. The summed E-state index contributed by atoms with van der Waals surface area (Å²) in [7, 11) is -0.801. The van der Waals surface area contributed by atoms with Crippen LogP contribution in [0.2, 0.25) is 0 Å². The molecule has 0 amide bonds. The molecule has 5 rings (SSSR count). The van der Waals surface area contributed by atoms with Crippen LogP contribution in [-0.2, 0) is 0 Å². The molecular weight excluding hydrogens is 398 g/mol. The van der Waals surface area contributed by atoms with Crippen LogP contribution in [0.15, 0.2) is 121 Å². The lowest BCUT2D eigenvalue weighted by Crippen LogP contribution is -2.26. The van der Waals surface area contributed by atoms with Gasteiger partial charge in [-0.15, -0.1) is 0 Å². The van der Waals surface area contributed by atoms with Gasteiger partial charge in [0.15, 0.2) is 0 Å². The molecule has 0 bridgehead atoms. The topological polar surface area (TPSA) is 0 Å². The maximum absolute atomic E-state index is 2.55. The van der Waals surface area contributed by atoms with Crippen LogP contribution in [0.25, 0.3) is 0 Å². The van der Waals surface area contributed by atoms with Crippen LogP contribution in [0, 0.1) is 0 Å². The van der Waals surface area contributed by atoms with Crippen LogP contribution < -0.4 is 21.2 Å². The average molecular weight is 424 g/mol. The first kappa shape index (κ1) is 19.7. The lowest BCUT2D eigenvalue weighted by atomic mass is 10.4. The summed E-state index contributed by atoms with van der Waals surface area (Å²) >= 11 is 0. The fourth-order valence-electron chi connectivity index (χ4n) is 4.52. The maximum Gasteiger partial charge on any atom is 0.00377 e. The van der Waals surface area contributed by atoms with Gasteiger partial charge in [0.05, 0.1) is 0 Å². The van der Waals surface area contributed by atoms with Gasteiger partial charge < -0.3 is 0 Å². The van der Waals surface area contributed by atoms with Crippen molar-refractivity contribution < 1.29 is 0 Å². The summed E-state index contributed by atoms with van der Waals surface area (Å²) in [5, 5.41) is 6.32. The van der Waals surface area contributed by atoms with Crippen molar-refractivity contribution in [3.8, 4) is 0 Å². The fraction of sp³-hybridized carbons (Fsp3) is 0.143. The third-order valence-corrected chi connectivity index (χ3v) is 12.5. The second-order valence-corrected chi connectivity index (χ2v) is 13.2. The summed E-state index contributed by atoms with van der Waals surface area (Å²) in [6.45, 7) is 2.55. The predicted octanol–water partition coefficient (Wildman–Crippen LogP) is 5.78. The normalized spacial score (nSPS) is 20.4. The summed E-state index contributed by atoms with van der Waals surface area (Å²) in [5.41, 5.74) is 0.698. The Morgan fingerprint density at radius 2 is 0.867 bits per heavy atom. The van der Waals surface area contributed by atoms with E-state index in [1.165, 1.54) is 27.6 Å². The van der Waals surface area contributed by atoms with Gasteiger partial charge in [-0.1, -0.05) is 128 Å². The van der Waals surface area contributed by atoms with Gasteiger partial charge in [-0.3, -0.25) is 0 Å². The Morgan fingerprint density at radius 3 is 1.23 bits per heavy atom. The summed E-state index contributed by atoms with van der Waals surface area (Å²) in [4.78, 5) is 0. The molecule has 0 heterocycles. The van der Waals surface area contributed by atoms with Gasteiger partial charge >= 0.3 is 0 Å². The van der Waals surface area contributed by atoms with Gasteiger partial charge in [0, 0.05) is 5.16 Å². The first-order valence-corrected chi connectivity index (χ1v) is 13.3. The van der Waals surface area contributed by atoms with Crippen LogP contribution in [0.4, 0.5) is 0 Å². The first-order valence-electron chi connectivity index (χ1n) is 10.6. The molecule has 0 nitrogen and oxygen atoms in total. The highest BCUT2D eigenvalue weighted by atomic mass is 31.1. The minimum atomic E-state index is -0.417. The van der Waals surface area contributed by atoms with Crippen molar-refractivity contribution in [2.75, 3.05) is 0 Å². The highest BCUT2D eigenvalue weighted by Crippen LogP contribution is 2.71. The number of hydrogen-bond donors (Lipinski definition) is 0. The van der Waals surface area contributed by atoms with Crippen molar-refractivity contribution in [3.63, 3.8) is 0 Å². The molecule has 4 aromatic carbocycles. The third kappa shape index (κ3) is 3.76. The molecular formula is C28H26P2. The Bertz CT molecular complexity index is 1000. The zero-order valence-corrected chi connectivity index (χ0v) is 19.0. The lowest BCUT2D eigenvalue weighted by Gasteiger charge is -2.30. The molecule has 0 aliphatic heterocycles. The van der Waals surface area contributed by atoms with E-state index in [0.717, 1.165) is 0 Å². The molecule has 30 heavy (non-hydrogen) atoms. The molecule has 0 radical (unpaired) electrons. The van der Waals surface area contributed by atoms with E-state index in [1.807, 2.05) is 0 Å². The van der Waals surface area contributed by atoms with E-state index in [2.05, 4.69) is 128 Å². The van der Waals surface area contributed by atoms with Gasteiger partial charge in [0.1, 0.15) is 0 Å². The van der Waals surface area contributed by atoms with Crippen molar-refractivity contribution in [2.24, 2.45) is 0 Å². The van der Waals surface area contributed by atoms with Crippen LogP contribution in [-0.4, -0.2) is 10.8 Å². The highest BCUT2D eigenvalue weighted by molar-refractivity contribution is 7.79. The third-order valence-electron chi connectivity index (χ3n) is 6.08. The van der Waals surface area contributed by atoms with Crippen LogP contribution in [0.5, 0.6) is 0 Å². The summed E-state index contributed by atoms with van der Waals surface area (Å²) < 4.78 is 0. The largest absolute Gasteiger partial charge is 0.0622 e. The standard InChI is InChI=1S/C28H26P2/c1-28(30(25-18-10-4-11-19-25)26-20-12-5-13-21-26)22-27(28)29(23-14-6-2-7-15-23)24-16-8-3-9-17-24/h2-21,27H,22H2,1H3/t27-,28-/m1/s1. The van der Waals surface area contributed by atoms with Crippen molar-refractivity contribution >= 4 is 37.1 Å². The molecule has 0 spiro atoms.